The quantitative estimate of drug-likeness (QED) is 0.0529. The van der Waals surface area contributed by atoms with E-state index in [1.165, 1.54) is 0 Å². The van der Waals surface area contributed by atoms with Gasteiger partial charge in [-0.1, -0.05) is 17.9 Å². The van der Waals surface area contributed by atoms with Gasteiger partial charge in [-0.3, -0.25) is 9.59 Å². The Kier molecular flexibility index (Phi) is 34.2. The average Bonchev–Trinajstić information content (AvgIpc) is 3.26. The molecular weight excluding hydrogens is 873 g/mol. The summed E-state index contributed by atoms with van der Waals surface area (Å²) in [6, 6.07) is 9.33. The van der Waals surface area contributed by atoms with Gasteiger partial charge in [0.15, 0.2) is 0 Å². The lowest BCUT2D eigenvalue weighted by Gasteiger charge is -2.15. The number of terminal acetylenes is 2. The maximum atomic E-state index is 11.9. The number of amides is 8. The number of urea groups is 4. The summed E-state index contributed by atoms with van der Waals surface area (Å²) in [4.78, 5) is 123. The standard InChI is InChI=1S/2C20H26N4O6.2CO2/c1-2-14-7-5-8-15(13-14)23-19(29)21-11-4-3-9-16(18(27)28)24-20(30)22-12-6-10-17(25)26;1-2-14-8-10-15(11-9-14)23-19(29)21-12-4-3-6-16(18(27)28)24-20(30)22-13-5-7-17(25)26;2*2-1-3/h1,5,7-8,13,16H,3-4,6,9-12H2,(H,25,26)(H,27,28)(H2,21,23,29)(H2,22,24,30);1,8-11,16H,3-7,12-13H2,(H,25,26)(H,27,28)(H2,21,23,29)(H2,22,24,30);;. The van der Waals surface area contributed by atoms with Crippen LogP contribution in [0.15, 0.2) is 48.5 Å². The molecular formula is C42H52N8O16. The molecule has 0 heterocycles. The van der Waals surface area contributed by atoms with E-state index in [1.807, 2.05) is 0 Å². The molecule has 12 N–H and O–H groups in total. The molecule has 0 bridgehead atoms. The van der Waals surface area contributed by atoms with Gasteiger partial charge in [0.1, 0.15) is 12.1 Å². The molecule has 2 atom stereocenters. The van der Waals surface area contributed by atoms with Gasteiger partial charge in [0.25, 0.3) is 0 Å². The first-order valence-electron chi connectivity index (χ1n) is 19.7. The topological polar surface area (TPSA) is 382 Å². The Labute approximate surface area is 378 Å². The summed E-state index contributed by atoms with van der Waals surface area (Å²) < 4.78 is 0. The van der Waals surface area contributed by atoms with Crippen LogP contribution >= 0.6 is 0 Å². The third-order valence-corrected chi connectivity index (χ3v) is 7.92. The van der Waals surface area contributed by atoms with Crippen LogP contribution in [0, 0.1) is 24.7 Å². The van der Waals surface area contributed by atoms with Gasteiger partial charge in [-0.2, -0.15) is 19.2 Å². The molecule has 0 aliphatic carbocycles. The Bertz CT molecular complexity index is 2010. The number of hydrogen-bond acceptors (Lipinski definition) is 12. The summed E-state index contributed by atoms with van der Waals surface area (Å²) in [7, 11) is 0. The lowest BCUT2D eigenvalue weighted by atomic mass is 10.1. The molecule has 0 aliphatic heterocycles. The van der Waals surface area contributed by atoms with Crippen LogP contribution in [0.25, 0.3) is 0 Å². The summed E-state index contributed by atoms with van der Waals surface area (Å²) in [5.41, 5.74) is 2.51. The van der Waals surface area contributed by atoms with Crippen molar-refractivity contribution in [3.8, 4) is 24.7 Å². The molecule has 24 heteroatoms. The molecule has 24 nitrogen and oxygen atoms in total. The van der Waals surface area contributed by atoms with E-state index < -0.39 is 60.1 Å². The van der Waals surface area contributed by atoms with Gasteiger partial charge < -0.3 is 63.0 Å². The minimum Gasteiger partial charge on any atom is -0.481 e. The van der Waals surface area contributed by atoms with E-state index in [1.54, 1.807) is 48.5 Å². The molecule has 0 spiro atoms. The number of anilines is 2. The van der Waals surface area contributed by atoms with Gasteiger partial charge in [0.05, 0.1) is 0 Å². The van der Waals surface area contributed by atoms with Gasteiger partial charge in [-0.25, -0.2) is 28.8 Å². The second-order valence-electron chi connectivity index (χ2n) is 12.9. The van der Waals surface area contributed by atoms with Crippen molar-refractivity contribution < 1.29 is 78.0 Å². The number of rotatable bonds is 24. The number of hydrogen-bond donors (Lipinski definition) is 12. The second kappa shape index (κ2) is 38.0. The monoisotopic (exact) mass is 924 g/mol. The number of unbranched alkanes of at least 4 members (excludes halogenated alkanes) is 2. The second-order valence-corrected chi connectivity index (χ2v) is 12.9. The Morgan fingerprint density at radius 2 is 0.864 bits per heavy atom. The number of nitrogens with one attached hydrogen (secondary N) is 8. The van der Waals surface area contributed by atoms with Crippen LogP contribution in [0.2, 0.25) is 0 Å². The van der Waals surface area contributed by atoms with Gasteiger partial charge in [0.2, 0.25) is 0 Å². The van der Waals surface area contributed by atoms with Crippen LogP contribution < -0.4 is 42.5 Å². The summed E-state index contributed by atoms with van der Waals surface area (Å²) in [5.74, 6) is 0.677. The molecule has 0 aromatic heterocycles. The SMILES string of the molecule is C#Cc1ccc(NC(=O)NCCCCC(NC(=O)NCCCC(=O)O)C(=O)O)cc1.C#Cc1cccc(NC(=O)NCCCCC(NC(=O)NCCCC(=O)O)C(=O)O)c1.O=C=O.O=C=O. The van der Waals surface area contributed by atoms with Crippen molar-refractivity contribution in [2.75, 3.05) is 36.8 Å². The lowest BCUT2D eigenvalue weighted by Crippen LogP contribution is -2.46. The van der Waals surface area contributed by atoms with E-state index in [0.717, 1.165) is 0 Å². The van der Waals surface area contributed by atoms with Crippen LogP contribution in [0.3, 0.4) is 0 Å². The van der Waals surface area contributed by atoms with E-state index in [2.05, 4.69) is 54.4 Å². The zero-order valence-electron chi connectivity index (χ0n) is 35.5. The van der Waals surface area contributed by atoms with Crippen molar-refractivity contribution in [3.63, 3.8) is 0 Å². The molecule has 0 saturated heterocycles. The highest BCUT2D eigenvalue weighted by Gasteiger charge is 2.20. The van der Waals surface area contributed by atoms with Crippen molar-refractivity contribution in [1.29, 1.82) is 0 Å². The molecule has 8 amide bonds. The van der Waals surface area contributed by atoms with Crippen molar-refractivity contribution in [2.45, 2.75) is 76.3 Å². The molecule has 0 radical (unpaired) electrons. The summed E-state index contributed by atoms with van der Waals surface area (Å²) in [5, 5.41) is 55.6. The highest BCUT2D eigenvalue weighted by atomic mass is 16.4. The zero-order chi connectivity index (χ0) is 50.1. The first kappa shape index (κ1) is 59.4. The predicted molar refractivity (Wildman–Crippen MR) is 230 cm³/mol. The fourth-order valence-electron chi connectivity index (χ4n) is 4.85. The molecule has 2 rings (SSSR count). The smallest absolute Gasteiger partial charge is 0.373 e. The number of carboxylic acid groups (broad SMARTS) is 4. The number of carbonyl (C=O) groups is 8. The molecule has 0 aliphatic rings. The minimum atomic E-state index is -1.17. The van der Waals surface area contributed by atoms with Crippen molar-refractivity contribution in [3.05, 3.63) is 59.7 Å². The van der Waals surface area contributed by atoms with Crippen LogP contribution in [0.5, 0.6) is 0 Å². The van der Waals surface area contributed by atoms with Crippen molar-refractivity contribution >= 4 is 71.7 Å². The number of carbonyl (C=O) groups excluding carboxylic acids is 8. The summed E-state index contributed by atoms with van der Waals surface area (Å²) in [6.07, 6.45) is 13.8. The fourth-order valence-corrected chi connectivity index (χ4v) is 4.85. The number of carboxylic acids is 4. The van der Waals surface area contributed by atoms with E-state index in [9.17, 15) is 48.6 Å². The molecule has 2 unspecified atom stereocenters. The highest BCUT2D eigenvalue weighted by molar-refractivity contribution is 5.90. The Morgan fingerprint density at radius 3 is 1.24 bits per heavy atom. The Hall–Kier alpha value is -8.72. The first-order valence-corrected chi connectivity index (χ1v) is 19.7. The molecule has 66 heavy (non-hydrogen) atoms. The molecule has 0 saturated carbocycles. The predicted octanol–water partition coefficient (Wildman–Crippen LogP) is 1.99. The van der Waals surface area contributed by atoms with Crippen LogP contribution in [-0.2, 0) is 38.4 Å². The summed E-state index contributed by atoms with van der Waals surface area (Å²) in [6.45, 7) is 0.930. The van der Waals surface area contributed by atoms with Crippen LogP contribution in [0.4, 0.5) is 30.6 Å². The van der Waals surface area contributed by atoms with Crippen molar-refractivity contribution in [2.24, 2.45) is 0 Å². The van der Waals surface area contributed by atoms with Gasteiger partial charge in [-0.15, -0.1) is 12.8 Å². The van der Waals surface area contributed by atoms with E-state index in [4.69, 9.17) is 42.2 Å². The van der Waals surface area contributed by atoms with Gasteiger partial charge >= 0.3 is 60.3 Å². The first-order chi connectivity index (χ1) is 31.5. The molecule has 2 aromatic rings. The van der Waals surface area contributed by atoms with Crippen LogP contribution in [-0.4, -0.2) is 119 Å². The van der Waals surface area contributed by atoms with Gasteiger partial charge in [0, 0.05) is 61.5 Å². The number of aliphatic carboxylic acids is 4. The van der Waals surface area contributed by atoms with Crippen LogP contribution in [0.1, 0.15) is 75.3 Å². The van der Waals surface area contributed by atoms with E-state index >= 15 is 0 Å². The third kappa shape index (κ3) is 33.9. The van der Waals surface area contributed by atoms with E-state index in [-0.39, 0.29) is 63.9 Å². The van der Waals surface area contributed by atoms with Crippen molar-refractivity contribution in [1.82, 2.24) is 31.9 Å². The zero-order valence-corrected chi connectivity index (χ0v) is 35.5. The highest BCUT2D eigenvalue weighted by Crippen LogP contribution is 2.10. The maximum absolute atomic E-state index is 11.9. The normalized spacial score (nSPS) is 10.2. The average molecular weight is 925 g/mol. The maximum Gasteiger partial charge on any atom is 0.373 e. The lowest BCUT2D eigenvalue weighted by molar-refractivity contribution is -0.193. The molecule has 2 aromatic carbocycles. The third-order valence-electron chi connectivity index (χ3n) is 7.92. The van der Waals surface area contributed by atoms with Gasteiger partial charge in [-0.05, 0) is 93.8 Å². The molecule has 0 fully saturated rings. The fraction of sp³-hybridized carbons (Fsp3) is 0.381. The minimum absolute atomic E-state index is 0.0839. The number of benzene rings is 2. The van der Waals surface area contributed by atoms with E-state index in [0.29, 0.717) is 61.3 Å². The molecule has 356 valence electrons. The largest absolute Gasteiger partial charge is 0.481 e. The Balaban J connectivity index is 0. The summed E-state index contributed by atoms with van der Waals surface area (Å²) >= 11 is 0. The Morgan fingerprint density at radius 1 is 0.485 bits per heavy atom.